The lowest BCUT2D eigenvalue weighted by atomic mass is 10.3. The van der Waals surface area contributed by atoms with Gasteiger partial charge in [0.15, 0.2) is 5.65 Å². The monoisotopic (exact) mass is 163 g/mol. The fraction of sp³-hybridized carbons (Fsp3) is 0.250. The molecule has 4 heteroatoms. The quantitative estimate of drug-likeness (QED) is 0.630. The topological polar surface area (TPSA) is 39.4 Å². The second-order valence-electron chi connectivity index (χ2n) is 2.57. The van der Waals surface area contributed by atoms with E-state index in [4.69, 9.17) is 4.74 Å². The van der Waals surface area contributed by atoms with Crippen molar-refractivity contribution < 1.29 is 4.74 Å². The zero-order chi connectivity index (χ0) is 8.55. The van der Waals surface area contributed by atoms with E-state index in [2.05, 4.69) is 10.2 Å². The van der Waals surface area contributed by atoms with Gasteiger partial charge in [0, 0.05) is 11.8 Å². The molecule has 0 radical (unpaired) electrons. The minimum Gasteiger partial charge on any atom is -0.496 e. The molecule has 2 aromatic rings. The number of ether oxygens (including phenoxy) is 1. The first-order valence-corrected chi connectivity index (χ1v) is 3.66. The van der Waals surface area contributed by atoms with E-state index in [0.29, 0.717) is 0 Å². The van der Waals surface area contributed by atoms with E-state index in [1.54, 1.807) is 13.4 Å². The van der Waals surface area contributed by atoms with Crippen LogP contribution in [-0.4, -0.2) is 21.7 Å². The van der Waals surface area contributed by atoms with Crippen molar-refractivity contribution in [1.82, 2.24) is 14.6 Å². The van der Waals surface area contributed by atoms with Gasteiger partial charge in [0.05, 0.1) is 7.11 Å². The molecule has 0 aromatic carbocycles. The Balaban J connectivity index is 2.78. The van der Waals surface area contributed by atoms with Crippen molar-refractivity contribution >= 4 is 5.65 Å². The van der Waals surface area contributed by atoms with Crippen LogP contribution in [0.4, 0.5) is 0 Å². The first-order chi connectivity index (χ1) is 5.83. The van der Waals surface area contributed by atoms with E-state index in [1.165, 1.54) is 0 Å². The third-order valence-electron chi connectivity index (χ3n) is 1.88. The standard InChI is InChI=1S/C8H9N3O/c1-6-7(12-2)3-4-11-5-9-10-8(6)11/h3-5H,1-2H3. The molecule has 2 heterocycles. The molecule has 2 aromatic heterocycles. The van der Waals surface area contributed by atoms with Crippen molar-refractivity contribution in [3.05, 3.63) is 24.2 Å². The number of aromatic nitrogens is 3. The van der Waals surface area contributed by atoms with Gasteiger partial charge < -0.3 is 4.74 Å². The highest BCUT2D eigenvalue weighted by Gasteiger charge is 2.04. The Labute approximate surface area is 69.8 Å². The van der Waals surface area contributed by atoms with Crippen LogP contribution in [0.25, 0.3) is 5.65 Å². The lowest BCUT2D eigenvalue weighted by Gasteiger charge is -2.03. The van der Waals surface area contributed by atoms with Crippen LogP contribution in [0.1, 0.15) is 5.56 Å². The average Bonchev–Trinajstić information content (AvgIpc) is 2.53. The van der Waals surface area contributed by atoms with Crippen molar-refractivity contribution in [2.75, 3.05) is 7.11 Å². The van der Waals surface area contributed by atoms with Gasteiger partial charge in [0.2, 0.25) is 0 Å². The molecule has 2 rings (SSSR count). The number of hydrogen-bond acceptors (Lipinski definition) is 3. The average molecular weight is 163 g/mol. The maximum atomic E-state index is 5.14. The van der Waals surface area contributed by atoms with Gasteiger partial charge in [-0.1, -0.05) is 0 Å². The fourth-order valence-electron chi connectivity index (χ4n) is 1.22. The van der Waals surface area contributed by atoms with Crippen LogP contribution in [0.15, 0.2) is 18.6 Å². The summed E-state index contributed by atoms with van der Waals surface area (Å²) >= 11 is 0. The van der Waals surface area contributed by atoms with E-state index in [0.717, 1.165) is 17.0 Å². The van der Waals surface area contributed by atoms with E-state index in [-0.39, 0.29) is 0 Å². The number of nitrogens with zero attached hydrogens (tertiary/aromatic N) is 3. The zero-order valence-corrected chi connectivity index (χ0v) is 6.98. The highest BCUT2D eigenvalue weighted by molar-refractivity contribution is 5.52. The van der Waals surface area contributed by atoms with Crippen LogP contribution < -0.4 is 4.74 Å². The summed E-state index contributed by atoms with van der Waals surface area (Å²) in [7, 11) is 1.65. The van der Waals surface area contributed by atoms with Crippen LogP contribution in [0.5, 0.6) is 5.75 Å². The second kappa shape index (κ2) is 2.48. The molecule has 4 nitrogen and oxygen atoms in total. The van der Waals surface area contributed by atoms with Gasteiger partial charge in [-0.2, -0.15) is 0 Å². The van der Waals surface area contributed by atoms with Gasteiger partial charge >= 0.3 is 0 Å². The fourth-order valence-corrected chi connectivity index (χ4v) is 1.22. The summed E-state index contributed by atoms with van der Waals surface area (Å²) < 4.78 is 7.00. The summed E-state index contributed by atoms with van der Waals surface area (Å²) in [4.78, 5) is 0. The lowest BCUT2D eigenvalue weighted by Crippen LogP contribution is -1.91. The number of fused-ring (bicyclic) bond motifs is 1. The number of rotatable bonds is 1. The molecule has 0 aliphatic carbocycles. The lowest BCUT2D eigenvalue weighted by molar-refractivity contribution is 0.411. The first-order valence-electron chi connectivity index (χ1n) is 3.66. The predicted octanol–water partition coefficient (Wildman–Crippen LogP) is 1.05. The summed E-state index contributed by atoms with van der Waals surface area (Å²) in [6.07, 6.45) is 3.54. The second-order valence-corrected chi connectivity index (χ2v) is 2.57. The van der Waals surface area contributed by atoms with Gasteiger partial charge in [-0.15, -0.1) is 10.2 Å². The van der Waals surface area contributed by atoms with Crippen LogP contribution in [0.3, 0.4) is 0 Å². The van der Waals surface area contributed by atoms with Crippen molar-refractivity contribution in [2.45, 2.75) is 6.92 Å². The highest BCUT2D eigenvalue weighted by atomic mass is 16.5. The first kappa shape index (κ1) is 7.09. The molecule has 0 amide bonds. The Hall–Kier alpha value is -1.58. The van der Waals surface area contributed by atoms with Crippen LogP contribution in [-0.2, 0) is 0 Å². The molecular weight excluding hydrogens is 154 g/mol. The summed E-state index contributed by atoms with van der Waals surface area (Å²) in [5.41, 5.74) is 1.85. The third kappa shape index (κ3) is 0.845. The summed E-state index contributed by atoms with van der Waals surface area (Å²) in [6, 6.07) is 1.89. The molecule has 0 unspecified atom stereocenters. The Morgan fingerprint density at radius 1 is 1.50 bits per heavy atom. The summed E-state index contributed by atoms with van der Waals surface area (Å²) in [5, 5.41) is 7.75. The molecule has 0 saturated heterocycles. The van der Waals surface area contributed by atoms with Gasteiger partial charge in [-0.3, -0.25) is 4.40 Å². The number of pyridine rings is 1. The zero-order valence-electron chi connectivity index (χ0n) is 6.98. The van der Waals surface area contributed by atoms with E-state index in [1.807, 2.05) is 23.6 Å². The maximum absolute atomic E-state index is 5.14. The van der Waals surface area contributed by atoms with Crippen LogP contribution >= 0.6 is 0 Å². The molecule has 0 aliphatic heterocycles. The van der Waals surface area contributed by atoms with Crippen molar-refractivity contribution in [1.29, 1.82) is 0 Å². The molecule has 0 fully saturated rings. The molecular formula is C8H9N3O. The van der Waals surface area contributed by atoms with E-state index >= 15 is 0 Å². The van der Waals surface area contributed by atoms with E-state index in [9.17, 15) is 0 Å². The minimum atomic E-state index is 0.842. The normalized spacial score (nSPS) is 10.5. The Morgan fingerprint density at radius 3 is 3.08 bits per heavy atom. The predicted molar refractivity (Wildman–Crippen MR) is 44.3 cm³/mol. The highest BCUT2D eigenvalue weighted by Crippen LogP contribution is 2.19. The van der Waals surface area contributed by atoms with Gasteiger partial charge in [0.1, 0.15) is 12.1 Å². The molecule has 0 spiro atoms. The number of methoxy groups -OCH3 is 1. The minimum absolute atomic E-state index is 0.842. The Kier molecular flexibility index (Phi) is 1.46. The van der Waals surface area contributed by atoms with Gasteiger partial charge in [-0.25, -0.2) is 0 Å². The molecule has 0 bridgehead atoms. The van der Waals surface area contributed by atoms with Crippen molar-refractivity contribution in [3.8, 4) is 5.75 Å². The molecule has 62 valence electrons. The molecule has 0 atom stereocenters. The SMILES string of the molecule is COc1ccn2cnnc2c1C. The maximum Gasteiger partial charge on any atom is 0.167 e. The molecule has 0 N–H and O–H groups in total. The van der Waals surface area contributed by atoms with Crippen molar-refractivity contribution in [3.63, 3.8) is 0 Å². The van der Waals surface area contributed by atoms with Crippen LogP contribution in [0, 0.1) is 6.92 Å². The Bertz CT molecular complexity index is 408. The summed E-state index contributed by atoms with van der Waals surface area (Å²) in [5.74, 6) is 0.843. The van der Waals surface area contributed by atoms with Gasteiger partial charge in [-0.05, 0) is 13.0 Å². The number of hydrogen-bond donors (Lipinski definition) is 0. The molecule has 0 saturated carbocycles. The Morgan fingerprint density at radius 2 is 2.33 bits per heavy atom. The summed E-state index contributed by atoms with van der Waals surface area (Å²) in [6.45, 7) is 1.96. The van der Waals surface area contributed by atoms with Crippen LogP contribution in [0.2, 0.25) is 0 Å². The molecule has 12 heavy (non-hydrogen) atoms. The van der Waals surface area contributed by atoms with Gasteiger partial charge in [0.25, 0.3) is 0 Å². The third-order valence-corrected chi connectivity index (χ3v) is 1.88. The smallest absolute Gasteiger partial charge is 0.167 e. The van der Waals surface area contributed by atoms with Crippen molar-refractivity contribution in [2.24, 2.45) is 0 Å². The molecule has 0 aliphatic rings. The largest absolute Gasteiger partial charge is 0.496 e. The van der Waals surface area contributed by atoms with E-state index < -0.39 is 0 Å². The number of aryl methyl sites for hydroxylation is 1.